The van der Waals surface area contributed by atoms with Gasteiger partial charge in [0.05, 0.1) is 15.4 Å². The Morgan fingerprint density at radius 3 is 1.82 bits per heavy atom. The second-order valence-electron chi connectivity index (χ2n) is 8.68. The van der Waals surface area contributed by atoms with Crippen molar-refractivity contribution in [3.05, 3.63) is 143 Å². The Hall–Kier alpha value is -4.10. The van der Waals surface area contributed by atoms with Gasteiger partial charge in [0, 0.05) is 16.7 Å². The minimum Gasteiger partial charge on any atom is -0.312 e. The third-order valence-electron chi connectivity index (χ3n) is 6.37. The van der Waals surface area contributed by atoms with E-state index in [1.165, 1.54) is 30.3 Å². The Kier molecular flexibility index (Phi) is 6.95. The molecule has 1 N–H and O–H groups in total. The van der Waals surface area contributed by atoms with E-state index < -0.39 is 27.9 Å². The van der Waals surface area contributed by atoms with Crippen LogP contribution in [0.1, 0.15) is 11.3 Å². The van der Waals surface area contributed by atoms with E-state index in [1.807, 2.05) is 12.1 Å². The summed E-state index contributed by atoms with van der Waals surface area (Å²) in [5.41, 5.74) is -0.316. The first kappa shape index (κ1) is 25.5. The second kappa shape index (κ2) is 10.3. The van der Waals surface area contributed by atoms with E-state index in [0.29, 0.717) is 16.0 Å². The molecule has 0 spiro atoms. The van der Waals surface area contributed by atoms with Gasteiger partial charge in [-0.25, -0.2) is 8.42 Å². The first-order valence-corrected chi connectivity index (χ1v) is 15.0. The fraction of sp³-hybridized carbons (Fsp3) is 0.0345. The van der Waals surface area contributed by atoms with Gasteiger partial charge in [-0.05, 0) is 22.9 Å². The number of hydrogen-bond donors (Lipinski definition) is 1. The van der Waals surface area contributed by atoms with Gasteiger partial charge >= 0.3 is 0 Å². The molecule has 1 atom stereocenters. The van der Waals surface area contributed by atoms with Gasteiger partial charge in [-0.1, -0.05) is 109 Å². The maximum atomic E-state index is 15.3. The SMILES string of the molecule is O=[N+]([O-])c1ccccc1[C@@H](NS(=O)(=O)c1ccc2ccccc2c1)P(=O)(c1ccccc1)c1ccccc1. The van der Waals surface area contributed by atoms with Crippen LogP contribution < -0.4 is 15.3 Å². The normalized spacial score (nSPS) is 12.7. The van der Waals surface area contributed by atoms with Crippen LogP contribution in [0.3, 0.4) is 0 Å². The summed E-state index contributed by atoms with van der Waals surface area (Å²) in [4.78, 5) is 11.4. The topological polar surface area (TPSA) is 106 Å². The standard InChI is InChI=1S/C29H23N2O5PS/c32-31(33)28-18-10-9-17-27(28)29(30-38(35,36)26-20-19-22-11-7-8-12-23(22)21-26)37(34,24-13-3-1-4-14-24)25-15-5-2-6-16-25/h1-21,29-30H/t29-/m0/s1. The van der Waals surface area contributed by atoms with E-state index >= 15 is 4.57 Å². The summed E-state index contributed by atoms with van der Waals surface area (Å²) in [5, 5.41) is 14.4. The maximum Gasteiger partial charge on any atom is 0.274 e. The molecule has 5 aromatic rings. The average Bonchev–Trinajstić information content (AvgIpc) is 2.96. The molecule has 0 aliphatic rings. The van der Waals surface area contributed by atoms with E-state index in [0.717, 1.165) is 5.39 Å². The quantitative estimate of drug-likeness (QED) is 0.153. The van der Waals surface area contributed by atoms with Gasteiger partial charge < -0.3 is 4.57 Å². The van der Waals surface area contributed by atoms with E-state index in [2.05, 4.69) is 4.72 Å². The van der Waals surface area contributed by atoms with Gasteiger partial charge in [-0.15, -0.1) is 0 Å². The van der Waals surface area contributed by atoms with Gasteiger partial charge in [-0.2, -0.15) is 4.72 Å². The van der Waals surface area contributed by atoms with Crippen LogP contribution in [0, 0.1) is 10.1 Å². The van der Waals surface area contributed by atoms with Crippen LogP contribution in [0.2, 0.25) is 0 Å². The molecule has 0 amide bonds. The Morgan fingerprint density at radius 2 is 1.21 bits per heavy atom. The van der Waals surface area contributed by atoms with Crippen LogP contribution >= 0.6 is 7.14 Å². The van der Waals surface area contributed by atoms with Crippen LogP contribution in [-0.4, -0.2) is 13.3 Å². The summed E-state index contributed by atoms with van der Waals surface area (Å²) in [6.45, 7) is 0. The zero-order valence-corrected chi connectivity index (χ0v) is 21.8. The predicted octanol–water partition coefficient (Wildman–Crippen LogP) is 5.74. The van der Waals surface area contributed by atoms with Crippen LogP contribution in [0.4, 0.5) is 5.69 Å². The van der Waals surface area contributed by atoms with Crippen molar-refractivity contribution in [3.8, 4) is 0 Å². The fourth-order valence-corrected chi connectivity index (χ4v) is 9.35. The molecule has 0 saturated carbocycles. The number of sulfonamides is 1. The smallest absolute Gasteiger partial charge is 0.274 e. The molecule has 0 saturated heterocycles. The predicted molar refractivity (Wildman–Crippen MR) is 150 cm³/mol. The lowest BCUT2D eigenvalue weighted by molar-refractivity contribution is -0.385. The van der Waals surface area contributed by atoms with Crippen molar-refractivity contribution in [3.63, 3.8) is 0 Å². The van der Waals surface area contributed by atoms with Crippen LogP contribution in [0.5, 0.6) is 0 Å². The van der Waals surface area contributed by atoms with Crippen LogP contribution in [0.15, 0.2) is 132 Å². The Morgan fingerprint density at radius 1 is 0.684 bits per heavy atom. The number of para-hydroxylation sites is 1. The lowest BCUT2D eigenvalue weighted by atomic mass is 10.1. The Balaban J connectivity index is 1.76. The zero-order chi connectivity index (χ0) is 26.8. The van der Waals surface area contributed by atoms with Crippen LogP contribution in [-0.2, 0) is 14.6 Å². The summed E-state index contributed by atoms with van der Waals surface area (Å²) in [5.74, 6) is -1.45. The number of fused-ring (bicyclic) bond motifs is 1. The van der Waals surface area contributed by atoms with Gasteiger partial charge in [0.25, 0.3) is 5.69 Å². The molecule has 0 aromatic heterocycles. The number of benzene rings is 5. The Bertz CT molecular complexity index is 1730. The average molecular weight is 543 g/mol. The molecular weight excluding hydrogens is 519 g/mol. The highest BCUT2D eigenvalue weighted by Gasteiger charge is 2.43. The van der Waals surface area contributed by atoms with E-state index in [-0.39, 0.29) is 16.1 Å². The third kappa shape index (κ3) is 4.77. The molecule has 5 rings (SSSR count). The lowest BCUT2D eigenvalue weighted by Crippen LogP contribution is -2.34. The largest absolute Gasteiger partial charge is 0.312 e. The highest BCUT2D eigenvalue weighted by atomic mass is 32.2. The van der Waals surface area contributed by atoms with Gasteiger partial charge in [-0.3, -0.25) is 10.1 Å². The highest BCUT2D eigenvalue weighted by Crippen LogP contribution is 2.57. The molecule has 0 heterocycles. The molecule has 0 fully saturated rings. The van der Waals surface area contributed by atoms with Crippen molar-refractivity contribution >= 4 is 44.2 Å². The first-order valence-electron chi connectivity index (χ1n) is 11.8. The molecule has 0 aliphatic heterocycles. The number of nitro benzene ring substituents is 1. The molecule has 38 heavy (non-hydrogen) atoms. The molecule has 0 aliphatic carbocycles. The number of nitro groups is 1. The van der Waals surface area contributed by atoms with Gasteiger partial charge in [0.1, 0.15) is 5.78 Å². The lowest BCUT2D eigenvalue weighted by Gasteiger charge is -2.29. The monoisotopic (exact) mass is 542 g/mol. The molecule has 7 nitrogen and oxygen atoms in total. The number of nitrogens with zero attached hydrogens (tertiary/aromatic N) is 1. The van der Waals surface area contributed by atoms with E-state index in [1.54, 1.807) is 84.9 Å². The molecule has 0 radical (unpaired) electrons. The summed E-state index contributed by atoms with van der Waals surface area (Å²) in [7, 11) is -8.17. The minimum absolute atomic E-state index is 0.0119. The third-order valence-corrected chi connectivity index (χ3v) is 11.2. The zero-order valence-electron chi connectivity index (χ0n) is 20.0. The molecule has 9 heteroatoms. The van der Waals surface area contributed by atoms with Crippen molar-refractivity contribution in [2.24, 2.45) is 0 Å². The first-order chi connectivity index (χ1) is 18.3. The molecule has 5 aromatic carbocycles. The fourth-order valence-electron chi connectivity index (χ4n) is 4.51. The summed E-state index contributed by atoms with van der Waals surface area (Å²) < 4.78 is 45.6. The number of rotatable bonds is 8. The van der Waals surface area contributed by atoms with Crippen molar-refractivity contribution < 1.29 is 17.9 Å². The number of hydrogen-bond acceptors (Lipinski definition) is 5. The van der Waals surface area contributed by atoms with Crippen molar-refractivity contribution in [1.82, 2.24) is 4.72 Å². The van der Waals surface area contributed by atoms with Crippen molar-refractivity contribution in [1.29, 1.82) is 0 Å². The van der Waals surface area contributed by atoms with E-state index in [4.69, 9.17) is 0 Å². The summed E-state index contributed by atoms with van der Waals surface area (Å²) in [6, 6.07) is 34.8. The molecule has 190 valence electrons. The molecule has 0 bridgehead atoms. The van der Waals surface area contributed by atoms with Crippen molar-refractivity contribution in [2.45, 2.75) is 10.7 Å². The maximum absolute atomic E-state index is 15.3. The minimum atomic E-state index is -4.29. The number of nitrogens with one attached hydrogen (secondary N) is 1. The molecule has 0 unspecified atom stereocenters. The summed E-state index contributed by atoms with van der Waals surface area (Å²) in [6.07, 6.45) is 0. The molecular formula is C29H23N2O5PS. The van der Waals surface area contributed by atoms with Crippen LogP contribution in [0.25, 0.3) is 10.8 Å². The Labute approximate surface area is 220 Å². The van der Waals surface area contributed by atoms with Crippen molar-refractivity contribution in [2.75, 3.05) is 0 Å². The highest BCUT2D eigenvalue weighted by molar-refractivity contribution is 7.90. The summed E-state index contributed by atoms with van der Waals surface area (Å²) >= 11 is 0. The second-order valence-corrected chi connectivity index (χ2v) is 13.3. The van der Waals surface area contributed by atoms with Gasteiger partial charge in [0.2, 0.25) is 10.0 Å². The van der Waals surface area contributed by atoms with Gasteiger partial charge in [0.15, 0.2) is 7.14 Å². The van der Waals surface area contributed by atoms with E-state index in [9.17, 15) is 18.5 Å².